The third-order valence-corrected chi connectivity index (χ3v) is 3.26. The molecule has 0 aromatic carbocycles. The van der Waals surface area contributed by atoms with Gasteiger partial charge in [0.2, 0.25) is 0 Å². The summed E-state index contributed by atoms with van der Waals surface area (Å²) in [6, 6.07) is 0. The van der Waals surface area contributed by atoms with Gasteiger partial charge < -0.3 is 15.7 Å². The molecule has 17 heavy (non-hydrogen) atoms. The Morgan fingerprint density at radius 3 is 2.53 bits per heavy atom. The van der Waals surface area contributed by atoms with E-state index < -0.39 is 5.54 Å². The number of hydrogen-bond donors (Lipinski definition) is 2. The van der Waals surface area contributed by atoms with E-state index in [1.54, 1.807) is 4.68 Å². The second kappa shape index (κ2) is 4.62. The van der Waals surface area contributed by atoms with Crippen molar-refractivity contribution in [2.75, 3.05) is 18.6 Å². The van der Waals surface area contributed by atoms with Gasteiger partial charge in [0.1, 0.15) is 10.8 Å². The van der Waals surface area contributed by atoms with Crippen LogP contribution in [0.15, 0.2) is 0 Å². The van der Waals surface area contributed by atoms with Gasteiger partial charge in [-0.3, -0.25) is 4.68 Å². The molecule has 1 rings (SSSR count). The van der Waals surface area contributed by atoms with E-state index >= 15 is 0 Å². The Balaban J connectivity index is 3.36. The molecule has 0 aliphatic carbocycles. The van der Waals surface area contributed by atoms with E-state index in [9.17, 15) is 5.11 Å². The van der Waals surface area contributed by atoms with Crippen LogP contribution in [0, 0.1) is 6.92 Å². The monoisotopic (exact) mass is 256 g/mol. The molecule has 1 aromatic heterocycles. The lowest BCUT2D eigenvalue weighted by atomic mass is 10.0. The lowest BCUT2D eigenvalue weighted by Gasteiger charge is -2.36. The number of likely N-dealkylation sites (N-methyl/N-ethyl adjacent to an activating group) is 1. The largest absolute Gasteiger partial charge is 0.394 e. The average Bonchev–Trinajstić information content (AvgIpc) is 2.52. The predicted octanol–water partition coefficient (Wildman–Crippen LogP) is 0.570. The quantitative estimate of drug-likeness (QED) is 0.771. The fourth-order valence-electron chi connectivity index (χ4n) is 1.71. The van der Waals surface area contributed by atoms with E-state index in [4.69, 9.17) is 18.0 Å². The Labute approximate surface area is 107 Å². The summed E-state index contributed by atoms with van der Waals surface area (Å²) in [6.45, 7) is 5.79. The second-order valence-electron chi connectivity index (χ2n) is 4.80. The molecule has 0 saturated carbocycles. The average molecular weight is 256 g/mol. The van der Waals surface area contributed by atoms with Gasteiger partial charge in [-0.2, -0.15) is 5.10 Å². The van der Waals surface area contributed by atoms with Crippen molar-refractivity contribution < 1.29 is 5.11 Å². The zero-order valence-corrected chi connectivity index (χ0v) is 11.8. The van der Waals surface area contributed by atoms with E-state index in [1.807, 2.05) is 39.8 Å². The van der Waals surface area contributed by atoms with Gasteiger partial charge in [0, 0.05) is 14.1 Å². The molecule has 0 bridgehead atoms. The molecule has 0 atom stereocenters. The third kappa shape index (κ3) is 2.42. The minimum absolute atomic E-state index is 0.0322. The number of nitrogens with zero attached hydrogens (tertiary/aromatic N) is 3. The molecule has 0 amide bonds. The minimum Gasteiger partial charge on any atom is -0.394 e. The number of aryl methyl sites for hydroxylation is 2. The molecule has 5 nitrogen and oxygen atoms in total. The maximum atomic E-state index is 9.42. The van der Waals surface area contributed by atoms with Gasteiger partial charge in [-0.05, 0) is 20.8 Å². The van der Waals surface area contributed by atoms with Crippen molar-refractivity contribution in [2.24, 2.45) is 12.8 Å². The highest BCUT2D eigenvalue weighted by Gasteiger charge is 2.29. The highest BCUT2D eigenvalue weighted by atomic mass is 32.1. The normalized spacial score (nSPS) is 11.6. The van der Waals surface area contributed by atoms with Crippen molar-refractivity contribution in [3.63, 3.8) is 0 Å². The van der Waals surface area contributed by atoms with E-state index in [2.05, 4.69) is 5.10 Å². The molecule has 96 valence electrons. The molecule has 0 aliphatic rings. The van der Waals surface area contributed by atoms with Gasteiger partial charge in [-0.1, -0.05) is 12.2 Å². The first-order chi connectivity index (χ1) is 7.72. The molecule has 0 radical (unpaired) electrons. The van der Waals surface area contributed by atoms with Crippen LogP contribution in [-0.2, 0) is 7.05 Å². The molecule has 1 heterocycles. The number of hydrogen-bond acceptors (Lipinski definition) is 4. The van der Waals surface area contributed by atoms with E-state index in [0.29, 0.717) is 4.99 Å². The molecule has 0 spiro atoms. The zero-order chi connectivity index (χ0) is 13.4. The fraction of sp³-hybridized carbons (Fsp3) is 0.636. The number of nitrogens with two attached hydrogens (primary N) is 1. The van der Waals surface area contributed by atoms with Crippen LogP contribution in [0.4, 0.5) is 5.82 Å². The highest BCUT2D eigenvalue weighted by Crippen LogP contribution is 2.27. The second-order valence-corrected chi connectivity index (χ2v) is 5.24. The summed E-state index contributed by atoms with van der Waals surface area (Å²) in [7, 11) is 3.74. The van der Waals surface area contributed by atoms with E-state index in [1.165, 1.54) is 0 Å². The molecule has 0 fully saturated rings. The first-order valence-corrected chi connectivity index (χ1v) is 5.81. The Morgan fingerprint density at radius 1 is 1.59 bits per heavy atom. The smallest absolute Gasteiger partial charge is 0.137 e. The number of aliphatic hydroxyl groups excluding tert-OH is 1. The molecule has 0 unspecified atom stereocenters. The van der Waals surface area contributed by atoms with Gasteiger partial charge in [0.05, 0.1) is 23.4 Å². The maximum absolute atomic E-state index is 9.42. The van der Waals surface area contributed by atoms with Crippen LogP contribution in [0.5, 0.6) is 0 Å². The molecule has 1 aromatic rings. The fourth-order valence-corrected chi connectivity index (χ4v) is 1.95. The topological polar surface area (TPSA) is 67.3 Å². The summed E-state index contributed by atoms with van der Waals surface area (Å²) in [5.41, 5.74) is 6.91. The summed E-state index contributed by atoms with van der Waals surface area (Å²) in [5, 5.41) is 13.7. The van der Waals surface area contributed by atoms with Crippen LogP contribution in [0.25, 0.3) is 0 Å². The van der Waals surface area contributed by atoms with Gasteiger partial charge in [-0.25, -0.2) is 0 Å². The van der Waals surface area contributed by atoms with Crippen molar-refractivity contribution in [2.45, 2.75) is 26.3 Å². The summed E-state index contributed by atoms with van der Waals surface area (Å²) < 4.78 is 1.74. The van der Waals surface area contributed by atoms with Gasteiger partial charge in [-0.15, -0.1) is 0 Å². The van der Waals surface area contributed by atoms with Crippen molar-refractivity contribution in [3.05, 3.63) is 11.3 Å². The van der Waals surface area contributed by atoms with E-state index in [0.717, 1.165) is 17.1 Å². The highest BCUT2D eigenvalue weighted by molar-refractivity contribution is 7.80. The zero-order valence-electron chi connectivity index (χ0n) is 11.0. The molecule has 6 heteroatoms. The number of rotatable bonds is 4. The van der Waals surface area contributed by atoms with Crippen LogP contribution in [0.2, 0.25) is 0 Å². The van der Waals surface area contributed by atoms with Crippen LogP contribution in [0.3, 0.4) is 0 Å². The van der Waals surface area contributed by atoms with Crippen molar-refractivity contribution in [1.82, 2.24) is 9.78 Å². The van der Waals surface area contributed by atoms with Gasteiger partial charge in [0.15, 0.2) is 0 Å². The number of thiocarbonyl (C=S) groups is 1. The van der Waals surface area contributed by atoms with Crippen LogP contribution < -0.4 is 10.6 Å². The van der Waals surface area contributed by atoms with Crippen molar-refractivity contribution in [3.8, 4) is 0 Å². The summed E-state index contributed by atoms with van der Waals surface area (Å²) in [5.74, 6) is 0.828. The number of aliphatic hydroxyl groups is 1. The van der Waals surface area contributed by atoms with Crippen LogP contribution in [-0.4, -0.2) is 39.1 Å². The predicted molar refractivity (Wildman–Crippen MR) is 73.4 cm³/mol. The summed E-state index contributed by atoms with van der Waals surface area (Å²) in [6.07, 6.45) is 0. The van der Waals surface area contributed by atoms with Crippen molar-refractivity contribution in [1.29, 1.82) is 0 Å². The lowest BCUT2D eigenvalue weighted by molar-refractivity contribution is 0.215. The molecular formula is C11H20N4OS. The van der Waals surface area contributed by atoms with Crippen LogP contribution in [0.1, 0.15) is 25.1 Å². The van der Waals surface area contributed by atoms with E-state index in [-0.39, 0.29) is 6.61 Å². The first-order valence-electron chi connectivity index (χ1n) is 5.40. The minimum atomic E-state index is -0.403. The molecular weight excluding hydrogens is 236 g/mol. The Bertz CT molecular complexity index is 439. The van der Waals surface area contributed by atoms with Crippen LogP contribution >= 0.6 is 12.2 Å². The molecule has 3 N–H and O–H groups in total. The first kappa shape index (κ1) is 13.9. The number of aromatic nitrogens is 2. The standard InChI is InChI=1S/C11H20N4OS/c1-7-8(9(12)17)10(15(5)13-7)14(4)11(2,3)6-16/h16H,6H2,1-5H3,(H2,12,17). The van der Waals surface area contributed by atoms with Crippen molar-refractivity contribution >= 4 is 23.0 Å². The molecule has 0 aliphatic heterocycles. The van der Waals surface area contributed by atoms with Gasteiger partial charge >= 0.3 is 0 Å². The molecule has 0 saturated heterocycles. The SMILES string of the molecule is Cc1nn(C)c(N(C)C(C)(C)CO)c1C(N)=S. The number of anilines is 1. The summed E-state index contributed by atoms with van der Waals surface area (Å²) >= 11 is 5.06. The summed E-state index contributed by atoms with van der Waals surface area (Å²) in [4.78, 5) is 2.27. The Kier molecular flexibility index (Phi) is 3.78. The maximum Gasteiger partial charge on any atom is 0.137 e. The Morgan fingerprint density at radius 2 is 2.12 bits per heavy atom. The Hall–Kier alpha value is -1.14. The van der Waals surface area contributed by atoms with Gasteiger partial charge in [0.25, 0.3) is 0 Å². The third-order valence-electron chi connectivity index (χ3n) is 3.05. The lowest BCUT2D eigenvalue weighted by Crippen LogP contribution is -2.46.